The third-order valence-electron chi connectivity index (χ3n) is 8.02. The third-order valence-corrected chi connectivity index (χ3v) is 8.99. The lowest BCUT2D eigenvalue weighted by atomic mass is 10.1. The number of hydrogen-bond donors (Lipinski definition) is 0. The maximum absolute atomic E-state index is 12.5. The van der Waals surface area contributed by atoms with Crippen LogP contribution in [0.15, 0.2) is 72.9 Å². The van der Waals surface area contributed by atoms with Gasteiger partial charge in [-0.05, 0) is 64.2 Å². The Labute approximate surface area is 319 Å². The Kier molecular flexibility index (Phi) is 34.5. The normalized spacial score (nSPS) is 14.7. The number of rotatable bonds is 36. The minimum absolute atomic E-state index is 0.0161. The molecule has 0 spiro atoms. The molecular weight excluding hydrogens is 673 g/mol. The maximum Gasteiger partial charge on any atom is 0.306 e. The number of carbonyl (C=O) groups is 1. The number of ether oxygens (including phenoxy) is 2. The van der Waals surface area contributed by atoms with Crippen molar-refractivity contribution in [2.24, 2.45) is 0 Å². The van der Waals surface area contributed by atoms with Gasteiger partial charge < -0.3 is 27.9 Å². The highest BCUT2D eigenvalue weighted by molar-refractivity contribution is 7.45. The summed E-state index contributed by atoms with van der Waals surface area (Å²) in [6.45, 7) is 5.15. The molecule has 2 atom stereocenters. The van der Waals surface area contributed by atoms with E-state index in [2.05, 4.69) is 86.8 Å². The molecular formula is C43H76NO7P. The van der Waals surface area contributed by atoms with Crippen LogP contribution in [0.2, 0.25) is 0 Å². The van der Waals surface area contributed by atoms with E-state index in [1.54, 1.807) is 0 Å². The number of phosphoric ester groups is 1. The van der Waals surface area contributed by atoms with Crippen LogP contribution in [-0.4, -0.2) is 70.7 Å². The van der Waals surface area contributed by atoms with E-state index in [1.165, 1.54) is 32.1 Å². The molecule has 0 aromatic heterocycles. The second kappa shape index (κ2) is 35.9. The van der Waals surface area contributed by atoms with Gasteiger partial charge in [0.1, 0.15) is 19.3 Å². The lowest BCUT2D eigenvalue weighted by Gasteiger charge is -2.28. The lowest BCUT2D eigenvalue weighted by molar-refractivity contribution is -0.870. The minimum atomic E-state index is -4.53. The van der Waals surface area contributed by atoms with E-state index >= 15 is 0 Å². The van der Waals surface area contributed by atoms with Crippen LogP contribution in [0.4, 0.5) is 0 Å². The largest absolute Gasteiger partial charge is 0.756 e. The summed E-state index contributed by atoms with van der Waals surface area (Å²) in [5.41, 5.74) is 0. The standard InChI is InChI=1S/C43H76NO7P/c1-6-8-10-12-14-16-17-18-19-20-21-22-23-24-25-26-27-28-29-31-33-35-38-48-40-42(41-50-52(46,47)49-39-37-44(3,4)5)51-43(45)36-34-32-30-15-13-11-9-7-2/h8,10,14,16,18-19,21-22,24-25,27-28,42H,6-7,9,11-13,15,17,20,23,26,29-41H2,1-5H3/b10-8-,16-14-,19-18-,22-21-,25-24-,28-27-. The average Bonchev–Trinajstić information content (AvgIpc) is 3.09. The van der Waals surface area contributed by atoms with Crippen molar-refractivity contribution in [3.63, 3.8) is 0 Å². The average molecular weight is 750 g/mol. The molecule has 300 valence electrons. The highest BCUT2D eigenvalue weighted by Crippen LogP contribution is 2.38. The highest BCUT2D eigenvalue weighted by Gasteiger charge is 2.20. The first kappa shape index (κ1) is 49.9. The van der Waals surface area contributed by atoms with E-state index in [4.69, 9.17) is 18.5 Å². The fourth-order valence-corrected chi connectivity index (χ4v) is 5.63. The van der Waals surface area contributed by atoms with Crippen molar-refractivity contribution >= 4 is 13.8 Å². The lowest BCUT2D eigenvalue weighted by Crippen LogP contribution is -2.37. The van der Waals surface area contributed by atoms with Crippen molar-refractivity contribution in [2.75, 3.05) is 54.1 Å². The first-order valence-electron chi connectivity index (χ1n) is 20.2. The zero-order chi connectivity index (χ0) is 38.4. The molecule has 0 aromatic rings. The van der Waals surface area contributed by atoms with Gasteiger partial charge >= 0.3 is 5.97 Å². The molecule has 9 heteroatoms. The molecule has 52 heavy (non-hydrogen) atoms. The Morgan fingerprint density at radius 3 is 1.65 bits per heavy atom. The number of phosphoric acid groups is 1. The van der Waals surface area contributed by atoms with Gasteiger partial charge in [-0.3, -0.25) is 9.36 Å². The molecule has 0 saturated heterocycles. The zero-order valence-electron chi connectivity index (χ0n) is 33.7. The molecule has 0 amide bonds. The number of allylic oxidation sites excluding steroid dienone is 12. The van der Waals surface area contributed by atoms with Crippen molar-refractivity contribution in [2.45, 2.75) is 142 Å². The fraction of sp³-hybridized carbons (Fsp3) is 0.698. The predicted molar refractivity (Wildman–Crippen MR) is 217 cm³/mol. The smallest absolute Gasteiger partial charge is 0.306 e. The summed E-state index contributed by atoms with van der Waals surface area (Å²) in [7, 11) is 1.32. The fourth-order valence-electron chi connectivity index (χ4n) is 4.90. The van der Waals surface area contributed by atoms with Crippen LogP contribution < -0.4 is 4.89 Å². The van der Waals surface area contributed by atoms with Crippen molar-refractivity contribution in [3.8, 4) is 0 Å². The maximum atomic E-state index is 12.5. The Morgan fingerprint density at radius 2 is 1.12 bits per heavy atom. The quantitative estimate of drug-likeness (QED) is 0.0207. The summed E-state index contributed by atoms with van der Waals surface area (Å²) < 4.78 is 34.3. The van der Waals surface area contributed by atoms with E-state index in [0.29, 0.717) is 24.1 Å². The van der Waals surface area contributed by atoms with Crippen LogP contribution in [0.5, 0.6) is 0 Å². The van der Waals surface area contributed by atoms with Crippen LogP contribution >= 0.6 is 7.82 Å². The van der Waals surface area contributed by atoms with Gasteiger partial charge in [0.2, 0.25) is 0 Å². The van der Waals surface area contributed by atoms with Gasteiger partial charge in [0.15, 0.2) is 0 Å². The molecule has 0 rings (SSSR count). The monoisotopic (exact) mass is 750 g/mol. The summed E-state index contributed by atoms with van der Waals surface area (Å²) in [6.07, 6.45) is 45.0. The molecule has 0 aliphatic heterocycles. The molecule has 0 saturated carbocycles. The molecule has 0 N–H and O–H groups in total. The predicted octanol–water partition coefficient (Wildman–Crippen LogP) is 10.9. The third kappa shape index (κ3) is 39.2. The van der Waals surface area contributed by atoms with Gasteiger partial charge in [0.05, 0.1) is 34.4 Å². The van der Waals surface area contributed by atoms with Gasteiger partial charge in [0.25, 0.3) is 7.82 Å². The van der Waals surface area contributed by atoms with Gasteiger partial charge in [-0.25, -0.2) is 0 Å². The number of quaternary nitrogens is 1. The summed E-state index contributed by atoms with van der Waals surface area (Å²) in [5, 5.41) is 0. The molecule has 0 fully saturated rings. The molecule has 0 bridgehead atoms. The van der Waals surface area contributed by atoms with Crippen molar-refractivity contribution in [1.82, 2.24) is 0 Å². The van der Waals surface area contributed by atoms with Gasteiger partial charge in [-0.15, -0.1) is 0 Å². The molecule has 2 unspecified atom stereocenters. The van der Waals surface area contributed by atoms with Gasteiger partial charge in [-0.1, -0.05) is 138 Å². The molecule has 0 radical (unpaired) electrons. The van der Waals surface area contributed by atoms with Crippen LogP contribution in [0, 0.1) is 0 Å². The highest BCUT2D eigenvalue weighted by atomic mass is 31.2. The first-order valence-corrected chi connectivity index (χ1v) is 21.6. The molecule has 0 aliphatic carbocycles. The number of nitrogens with zero attached hydrogens (tertiary/aromatic N) is 1. The Hall–Kier alpha value is -2.06. The Morgan fingerprint density at radius 1 is 0.615 bits per heavy atom. The Bertz CT molecular complexity index is 1060. The minimum Gasteiger partial charge on any atom is -0.756 e. The number of likely N-dealkylation sites (N-methyl/N-ethyl adjacent to an activating group) is 1. The zero-order valence-corrected chi connectivity index (χ0v) is 34.6. The number of esters is 1. The van der Waals surface area contributed by atoms with E-state index in [1.807, 2.05) is 21.1 Å². The summed E-state index contributed by atoms with van der Waals surface area (Å²) >= 11 is 0. The number of hydrogen-bond acceptors (Lipinski definition) is 7. The summed E-state index contributed by atoms with van der Waals surface area (Å²) in [6, 6.07) is 0. The van der Waals surface area contributed by atoms with E-state index in [9.17, 15) is 14.3 Å². The number of unbranched alkanes of at least 4 members (excludes halogenated alkanes) is 10. The first-order chi connectivity index (χ1) is 25.1. The SMILES string of the molecule is CC/C=C\C/C=C\C/C=C\C/C=C\C/C=C\C/C=C\CCCCCOCC(COP(=O)([O-])OCC[N+](C)(C)C)OC(=O)CCCCCCCCCC. The van der Waals surface area contributed by atoms with Crippen LogP contribution in [0.1, 0.15) is 136 Å². The molecule has 0 aromatic carbocycles. The van der Waals surface area contributed by atoms with Crippen LogP contribution in [0.25, 0.3) is 0 Å². The van der Waals surface area contributed by atoms with Crippen LogP contribution in [0.3, 0.4) is 0 Å². The van der Waals surface area contributed by atoms with E-state index < -0.39 is 13.9 Å². The number of carbonyl (C=O) groups excluding carboxylic acids is 1. The van der Waals surface area contributed by atoms with Crippen LogP contribution in [-0.2, 0) is 27.9 Å². The molecule has 0 aliphatic rings. The summed E-state index contributed by atoms with van der Waals surface area (Å²) in [4.78, 5) is 24.8. The summed E-state index contributed by atoms with van der Waals surface area (Å²) in [5.74, 6) is -0.355. The second-order valence-electron chi connectivity index (χ2n) is 14.3. The second-order valence-corrected chi connectivity index (χ2v) is 15.7. The van der Waals surface area contributed by atoms with Crippen molar-refractivity contribution in [3.05, 3.63) is 72.9 Å². The van der Waals surface area contributed by atoms with E-state index in [-0.39, 0.29) is 25.8 Å². The van der Waals surface area contributed by atoms with Crippen molar-refractivity contribution < 1.29 is 37.3 Å². The van der Waals surface area contributed by atoms with E-state index in [0.717, 1.165) is 83.5 Å². The van der Waals surface area contributed by atoms with Gasteiger partial charge in [0, 0.05) is 13.0 Å². The molecule has 8 nitrogen and oxygen atoms in total. The van der Waals surface area contributed by atoms with Gasteiger partial charge in [-0.2, -0.15) is 0 Å². The Balaban J connectivity index is 4.26. The molecule has 0 heterocycles. The topological polar surface area (TPSA) is 94.1 Å². The van der Waals surface area contributed by atoms with Crippen molar-refractivity contribution in [1.29, 1.82) is 0 Å².